The van der Waals surface area contributed by atoms with Crippen LogP contribution in [-0.4, -0.2) is 45.1 Å². The van der Waals surface area contributed by atoms with Gasteiger partial charge in [0.1, 0.15) is 5.69 Å². The number of phenols is 1. The lowest BCUT2D eigenvalue weighted by Gasteiger charge is -2.50. The summed E-state index contributed by atoms with van der Waals surface area (Å²) < 4.78 is 162. The summed E-state index contributed by atoms with van der Waals surface area (Å²) >= 11 is 14.0. The van der Waals surface area contributed by atoms with Crippen molar-refractivity contribution in [1.82, 2.24) is 0 Å². The molecular weight excluding hydrogens is 836 g/mol. The number of allylic oxidation sites excluding steroid dienone is 2. The highest BCUT2D eigenvalue weighted by Crippen LogP contribution is 2.67. The molecule has 4 amide bonds. The number of ether oxygens (including phenoxy) is 1. The van der Waals surface area contributed by atoms with Crippen molar-refractivity contribution < 1.29 is 77.3 Å². The first kappa shape index (κ1) is 40.3. The lowest BCUT2D eigenvalue weighted by atomic mass is 9.56. The van der Waals surface area contributed by atoms with Crippen LogP contribution < -0.4 is 14.5 Å². The molecule has 6 unspecified atom stereocenters. The highest BCUT2D eigenvalue weighted by atomic mass is 35.5. The molecule has 0 radical (unpaired) electrons. The fourth-order valence-electron chi connectivity index (χ4n) is 8.28. The minimum atomic E-state index is -5.39. The molecule has 8 nitrogen and oxygen atoms in total. The number of aromatic hydroxyl groups is 1. The Labute approximate surface area is 322 Å². The Hall–Kier alpha value is -4.91. The zero-order valence-electron chi connectivity index (χ0n) is 28.3. The van der Waals surface area contributed by atoms with Crippen molar-refractivity contribution >= 4 is 58.2 Å². The molecule has 2 heterocycles. The zero-order chi connectivity index (χ0) is 42.1. The minimum Gasteiger partial charge on any atom is -0.504 e. The second kappa shape index (κ2) is 13.1. The van der Waals surface area contributed by atoms with Crippen LogP contribution in [0.25, 0.3) is 0 Å². The SMILES string of the molecule is CCOc1cccc(C2C3=CCC4C(=O)N(c5cc(C(F)(F)F)cc(C(F)(F)F)c5)C(=O)C4C3CC3(Cl)C(=O)N(c4c(F)c(F)c(F)c(F)c4F)C(=O)C23Cl)c1O. The maximum Gasteiger partial charge on any atom is 0.416 e. The van der Waals surface area contributed by atoms with Crippen molar-refractivity contribution in [3.8, 4) is 11.5 Å². The first-order valence-electron chi connectivity index (χ1n) is 16.5. The molecule has 57 heavy (non-hydrogen) atoms. The molecule has 0 bridgehead atoms. The number of amides is 4. The summed E-state index contributed by atoms with van der Waals surface area (Å²) in [5.41, 5.74) is -7.46. The molecule has 7 rings (SSSR count). The van der Waals surface area contributed by atoms with Crippen LogP contribution in [0.2, 0.25) is 0 Å². The van der Waals surface area contributed by atoms with E-state index >= 15 is 8.78 Å². The average Bonchev–Trinajstić information content (AvgIpc) is 3.48. The maximum absolute atomic E-state index is 15.3. The van der Waals surface area contributed by atoms with E-state index in [0.29, 0.717) is 0 Å². The van der Waals surface area contributed by atoms with Crippen LogP contribution in [0.1, 0.15) is 42.4 Å². The van der Waals surface area contributed by atoms with E-state index < -0.39 is 150 Å². The number of carbonyl (C=O) groups is 4. The molecule has 1 N–H and O–H groups in total. The van der Waals surface area contributed by atoms with Gasteiger partial charge in [-0.15, -0.1) is 23.2 Å². The van der Waals surface area contributed by atoms with Crippen LogP contribution in [0.3, 0.4) is 0 Å². The molecule has 2 saturated heterocycles. The first-order valence-corrected chi connectivity index (χ1v) is 17.3. The third-order valence-electron chi connectivity index (χ3n) is 10.7. The van der Waals surface area contributed by atoms with E-state index in [9.17, 15) is 63.8 Å². The molecule has 1 saturated carbocycles. The molecule has 2 aliphatic heterocycles. The van der Waals surface area contributed by atoms with Crippen LogP contribution >= 0.6 is 23.2 Å². The summed E-state index contributed by atoms with van der Waals surface area (Å²) in [5.74, 6) is -27.4. The van der Waals surface area contributed by atoms with Gasteiger partial charge in [-0.3, -0.25) is 19.2 Å². The van der Waals surface area contributed by atoms with Gasteiger partial charge < -0.3 is 9.84 Å². The molecule has 3 aromatic rings. The van der Waals surface area contributed by atoms with Gasteiger partial charge in [0.15, 0.2) is 44.5 Å². The Morgan fingerprint density at radius 3 is 1.89 bits per heavy atom. The number of hydrogen-bond donors (Lipinski definition) is 1. The predicted molar refractivity (Wildman–Crippen MR) is 175 cm³/mol. The molecule has 302 valence electrons. The molecule has 4 aliphatic rings. The quantitative estimate of drug-likeness (QED) is 0.0692. The largest absolute Gasteiger partial charge is 0.504 e. The van der Waals surface area contributed by atoms with E-state index in [0.717, 1.165) is 6.07 Å². The summed E-state index contributed by atoms with van der Waals surface area (Å²) in [4.78, 5) is 50.4. The number of carbonyl (C=O) groups excluding carboxylic acids is 4. The second-order valence-electron chi connectivity index (χ2n) is 13.6. The van der Waals surface area contributed by atoms with Crippen molar-refractivity contribution in [2.45, 2.75) is 47.8 Å². The van der Waals surface area contributed by atoms with Crippen molar-refractivity contribution in [3.05, 3.63) is 93.8 Å². The van der Waals surface area contributed by atoms with Gasteiger partial charge >= 0.3 is 12.4 Å². The predicted octanol–water partition coefficient (Wildman–Crippen LogP) is 8.29. The Bertz CT molecular complexity index is 2290. The second-order valence-corrected chi connectivity index (χ2v) is 14.8. The zero-order valence-corrected chi connectivity index (χ0v) is 29.8. The number of rotatable bonds is 5. The Balaban J connectivity index is 1.43. The number of imide groups is 2. The lowest BCUT2D eigenvalue weighted by Crippen LogP contribution is -2.60. The monoisotopic (exact) mass is 856 g/mol. The first-order chi connectivity index (χ1) is 26.4. The molecule has 21 heteroatoms. The molecule has 2 aliphatic carbocycles. The summed E-state index contributed by atoms with van der Waals surface area (Å²) in [6, 6.07) is 3.69. The number of fused-ring (bicyclic) bond motifs is 4. The number of alkyl halides is 8. The number of hydrogen-bond acceptors (Lipinski definition) is 6. The van der Waals surface area contributed by atoms with Crippen LogP contribution in [-0.2, 0) is 31.5 Å². The fraction of sp³-hybridized carbons (Fsp3) is 0.333. The fourth-order valence-corrected chi connectivity index (χ4v) is 9.21. The normalized spacial score (nSPS) is 27.4. The molecular formula is C36H21Cl2F11N2O6. The molecule has 6 atom stereocenters. The summed E-state index contributed by atoms with van der Waals surface area (Å²) in [5, 5.41) is 11.4. The van der Waals surface area contributed by atoms with Gasteiger partial charge in [-0.05, 0) is 49.9 Å². The summed E-state index contributed by atoms with van der Waals surface area (Å²) in [6.07, 6.45) is -11.1. The Kier molecular flexibility index (Phi) is 9.23. The Morgan fingerprint density at radius 2 is 1.35 bits per heavy atom. The number of halogens is 13. The Morgan fingerprint density at radius 1 is 0.789 bits per heavy atom. The van der Waals surface area contributed by atoms with E-state index in [2.05, 4.69) is 0 Å². The van der Waals surface area contributed by atoms with Gasteiger partial charge in [0.2, 0.25) is 17.6 Å². The van der Waals surface area contributed by atoms with E-state index in [1.807, 2.05) is 0 Å². The highest BCUT2D eigenvalue weighted by Gasteiger charge is 2.77. The number of phenolic OH excluding ortho intramolecular Hbond substituents is 1. The van der Waals surface area contributed by atoms with Crippen molar-refractivity contribution in [3.63, 3.8) is 0 Å². The standard InChI is InChI=1S/C36H21Cl2F11N2O6/c1-2-57-19-5-3-4-17(28(19)52)21-15-6-7-16-20(30(54)50(29(16)53)14-9-12(35(44,45)46)8-13(10-14)36(47,48)49)18(15)11-33(37)31(55)51(32(56)34(21,33)38)27-25(42)23(40)22(39)24(41)26(27)43/h3-6,8-10,16,18,20-21,52H,2,7,11H2,1H3. The van der Waals surface area contributed by atoms with Crippen LogP contribution in [0.5, 0.6) is 11.5 Å². The van der Waals surface area contributed by atoms with Crippen LogP contribution in [0.4, 0.5) is 59.7 Å². The van der Waals surface area contributed by atoms with Gasteiger partial charge in [-0.1, -0.05) is 23.8 Å². The van der Waals surface area contributed by atoms with Gasteiger partial charge in [-0.25, -0.2) is 31.8 Å². The molecule has 0 spiro atoms. The third-order valence-corrected chi connectivity index (χ3v) is 12.1. The van der Waals surface area contributed by atoms with Crippen molar-refractivity contribution in [2.24, 2.45) is 17.8 Å². The summed E-state index contributed by atoms with van der Waals surface area (Å²) in [7, 11) is 0. The number of nitrogens with zero attached hydrogens (tertiary/aromatic N) is 2. The highest BCUT2D eigenvalue weighted by molar-refractivity contribution is 6.58. The van der Waals surface area contributed by atoms with E-state index in [1.165, 1.54) is 25.1 Å². The smallest absolute Gasteiger partial charge is 0.416 e. The van der Waals surface area contributed by atoms with E-state index in [4.69, 9.17) is 27.9 Å². The van der Waals surface area contributed by atoms with Crippen molar-refractivity contribution in [1.29, 1.82) is 0 Å². The van der Waals surface area contributed by atoms with Gasteiger partial charge in [0.25, 0.3) is 11.8 Å². The van der Waals surface area contributed by atoms with Crippen molar-refractivity contribution in [2.75, 3.05) is 16.4 Å². The van der Waals surface area contributed by atoms with Gasteiger partial charge in [-0.2, -0.15) is 26.3 Å². The van der Waals surface area contributed by atoms with E-state index in [1.54, 1.807) is 0 Å². The average molecular weight is 857 g/mol. The van der Waals surface area contributed by atoms with Gasteiger partial charge in [0, 0.05) is 11.5 Å². The van der Waals surface area contributed by atoms with Crippen LogP contribution in [0, 0.1) is 46.8 Å². The lowest BCUT2D eigenvalue weighted by molar-refractivity contribution is -0.143. The van der Waals surface area contributed by atoms with Gasteiger partial charge in [0.05, 0.1) is 35.3 Å². The molecule has 3 aromatic carbocycles. The number of anilines is 2. The third kappa shape index (κ3) is 5.54. The molecule has 0 aromatic heterocycles. The maximum atomic E-state index is 15.3. The number of para-hydroxylation sites is 1. The molecule has 3 fully saturated rings. The van der Waals surface area contributed by atoms with E-state index in [-0.39, 0.29) is 41.0 Å². The van der Waals surface area contributed by atoms with Crippen LogP contribution in [0.15, 0.2) is 48.0 Å². The minimum absolute atomic E-state index is 0.0638. The number of benzene rings is 3. The topological polar surface area (TPSA) is 104 Å². The summed E-state index contributed by atoms with van der Waals surface area (Å²) in [6.45, 7) is 1.45.